The molecule has 1 aliphatic heterocycles. The molecule has 7 heteroatoms. The normalized spacial score (nSPS) is 16.4. The molecule has 0 aliphatic carbocycles. The quantitative estimate of drug-likeness (QED) is 0.797. The van der Waals surface area contributed by atoms with Crippen LogP contribution in [0.25, 0.3) is 0 Å². The molecule has 0 unspecified atom stereocenters. The number of pyridine rings is 1. The largest absolute Gasteiger partial charge is 0.302 e. The minimum absolute atomic E-state index is 0.0218. The third kappa shape index (κ3) is 3.15. The van der Waals surface area contributed by atoms with Crippen LogP contribution < -0.4 is 0 Å². The number of nitrogens with zero attached hydrogens (tertiary/aromatic N) is 4. The highest BCUT2D eigenvalue weighted by atomic mass is 32.2. The van der Waals surface area contributed by atoms with Crippen molar-refractivity contribution in [3.05, 3.63) is 24.0 Å². The van der Waals surface area contributed by atoms with Crippen molar-refractivity contribution in [1.29, 1.82) is 5.26 Å². The molecule has 0 amide bonds. The Kier molecular flexibility index (Phi) is 4.70. The van der Waals surface area contributed by atoms with Gasteiger partial charge in [-0.15, -0.1) is 0 Å². The van der Waals surface area contributed by atoms with Crippen LogP contribution in [-0.4, -0.2) is 55.8 Å². The van der Waals surface area contributed by atoms with Crippen LogP contribution in [-0.2, 0) is 10.0 Å². The van der Waals surface area contributed by atoms with E-state index in [1.807, 2.05) is 6.07 Å². The molecule has 1 aromatic rings. The van der Waals surface area contributed by atoms with E-state index >= 15 is 0 Å². The summed E-state index contributed by atoms with van der Waals surface area (Å²) in [6.07, 6.45) is 3.77. The molecule has 1 aromatic heterocycles. The molecule has 0 spiro atoms. The van der Waals surface area contributed by atoms with Crippen LogP contribution in [0.1, 0.15) is 18.5 Å². The van der Waals surface area contributed by atoms with Crippen LogP contribution >= 0.6 is 0 Å². The molecule has 0 atom stereocenters. The van der Waals surface area contributed by atoms with Gasteiger partial charge in [-0.1, -0.05) is 0 Å². The molecule has 0 bridgehead atoms. The fraction of sp³-hybridized carbons (Fsp3) is 0.538. The van der Waals surface area contributed by atoms with E-state index in [1.165, 1.54) is 35.5 Å². The number of nitriles is 1. The molecular formula is C13H18N4O2S. The second kappa shape index (κ2) is 6.31. The molecular weight excluding hydrogens is 276 g/mol. The zero-order valence-electron chi connectivity index (χ0n) is 11.5. The average Bonchev–Trinajstić information content (AvgIpc) is 2.97. The monoisotopic (exact) mass is 294 g/mol. The lowest BCUT2D eigenvalue weighted by Gasteiger charge is -2.21. The van der Waals surface area contributed by atoms with Crippen molar-refractivity contribution in [1.82, 2.24) is 14.2 Å². The van der Waals surface area contributed by atoms with Crippen molar-refractivity contribution in [3.8, 4) is 6.07 Å². The first kappa shape index (κ1) is 14.9. The summed E-state index contributed by atoms with van der Waals surface area (Å²) in [5, 5.41) is 8.96. The molecule has 20 heavy (non-hydrogen) atoms. The van der Waals surface area contributed by atoms with Gasteiger partial charge in [-0.25, -0.2) is 13.4 Å². The van der Waals surface area contributed by atoms with Gasteiger partial charge in [0, 0.05) is 26.3 Å². The molecule has 2 rings (SSSR count). The van der Waals surface area contributed by atoms with E-state index < -0.39 is 10.0 Å². The average molecular weight is 294 g/mol. The molecule has 1 saturated heterocycles. The smallest absolute Gasteiger partial charge is 0.245 e. The highest BCUT2D eigenvalue weighted by Crippen LogP contribution is 2.17. The van der Waals surface area contributed by atoms with Crippen LogP contribution in [0.15, 0.2) is 23.2 Å². The van der Waals surface area contributed by atoms with Crippen LogP contribution in [0.3, 0.4) is 0 Å². The maximum atomic E-state index is 12.4. The number of aromatic nitrogens is 1. The van der Waals surface area contributed by atoms with E-state index in [0.717, 1.165) is 19.6 Å². The highest BCUT2D eigenvalue weighted by molar-refractivity contribution is 7.89. The molecule has 0 aromatic carbocycles. The maximum absolute atomic E-state index is 12.4. The van der Waals surface area contributed by atoms with Gasteiger partial charge in [-0.2, -0.15) is 9.57 Å². The first-order chi connectivity index (χ1) is 9.55. The van der Waals surface area contributed by atoms with Gasteiger partial charge in [0.2, 0.25) is 10.0 Å². The fourth-order valence-electron chi connectivity index (χ4n) is 2.26. The van der Waals surface area contributed by atoms with Crippen molar-refractivity contribution in [2.75, 3.05) is 33.2 Å². The number of rotatable bonds is 5. The molecule has 0 saturated carbocycles. The number of likely N-dealkylation sites (N-methyl/N-ethyl adjacent to an activating group) is 1. The summed E-state index contributed by atoms with van der Waals surface area (Å²) < 4.78 is 26.2. The zero-order chi connectivity index (χ0) is 14.6. The molecule has 1 aliphatic rings. The van der Waals surface area contributed by atoms with E-state index in [4.69, 9.17) is 5.26 Å². The van der Waals surface area contributed by atoms with Gasteiger partial charge >= 0.3 is 0 Å². The molecule has 0 radical (unpaired) electrons. The fourth-order valence-corrected chi connectivity index (χ4v) is 3.51. The van der Waals surface area contributed by atoms with Crippen LogP contribution in [0.5, 0.6) is 0 Å². The molecule has 1 fully saturated rings. The highest BCUT2D eigenvalue weighted by Gasteiger charge is 2.25. The van der Waals surface area contributed by atoms with E-state index in [9.17, 15) is 8.42 Å². The number of likely N-dealkylation sites (tertiary alicyclic amines) is 1. The molecule has 0 N–H and O–H groups in total. The maximum Gasteiger partial charge on any atom is 0.245 e. The zero-order valence-corrected chi connectivity index (χ0v) is 12.3. The van der Waals surface area contributed by atoms with E-state index in [1.54, 1.807) is 7.05 Å². The Morgan fingerprint density at radius 3 is 2.80 bits per heavy atom. The summed E-state index contributed by atoms with van der Waals surface area (Å²) in [4.78, 5) is 6.03. The van der Waals surface area contributed by atoms with Crippen molar-refractivity contribution in [3.63, 3.8) is 0 Å². The lowest BCUT2D eigenvalue weighted by Crippen LogP contribution is -2.35. The molecule has 108 valence electrons. The van der Waals surface area contributed by atoms with Crippen LogP contribution in [0.4, 0.5) is 0 Å². The van der Waals surface area contributed by atoms with Gasteiger partial charge in [-0.3, -0.25) is 0 Å². The summed E-state index contributed by atoms with van der Waals surface area (Å²) in [7, 11) is -2.11. The van der Waals surface area contributed by atoms with Gasteiger partial charge in [0.25, 0.3) is 0 Å². The Labute approximate surface area is 119 Å². The summed E-state index contributed by atoms with van der Waals surface area (Å²) in [6.45, 7) is 3.20. The van der Waals surface area contributed by atoms with Gasteiger partial charge in [0.1, 0.15) is 11.0 Å². The molecule has 6 nitrogen and oxygen atoms in total. The van der Waals surface area contributed by atoms with Gasteiger partial charge in [-0.05, 0) is 38.1 Å². The summed E-state index contributed by atoms with van der Waals surface area (Å²) in [5.74, 6) is 0. The predicted octanol–water partition coefficient (Wildman–Crippen LogP) is 0.670. The lowest BCUT2D eigenvalue weighted by molar-refractivity contribution is 0.310. The Morgan fingerprint density at radius 1 is 1.45 bits per heavy atom. The standard InChI is InChI=1S/C13H18N4O2S/c1-16(9-10-17-7-2-3-8-17)20(18,19)13-5-4-6-15-12(13)11-14/h4-6H,2-3,7-10H2,1H3. The number of sulfonamides is 1. The van der Waals surface area contributed by atoms with E-state index in [0.29, 0.717) is 6.54 Å². The summed E-state index contributed by atoms with van der Waals surface area (Å²) in [5.41, 5.74) is -0.0551. The topological polar surface area (TPSA) is 77.3 Å². The van der Waals surface area contributed by atoms with Crippen molar-refractivity contribution >= 4 is 10.0 Å². The Hall–Kier alpha value is -1.49. The Morgan fingerprint density at radius 2 is 2.15 bits per heavy atom. The van der Waals surface area contributed by atoms with Crippen molar-refractivity contribution in [2.24, 2.45) is 0 Å². The first-order valence-corrected chi connectivity index (χ1v) is 8.03. The summed E-state index contributed by atoms with van der Waals surface area (Å²) in [6, 6.07) is 4.78. The van der Waals surface area contributed by atoms with E-state index in [2.05, 4.69) is 9.88 Å². The second-order valence-corrected chi connectivity index (χ2v) is 6.85. The third-order valence-corrected chi connectivity index (χ3v) is 5.38. The molecule has 2 heterocycles. The van der Waals surface area contributed by atoms with Crippen molar-refractivity contribution in [2.45, 2.75) is 17.7 Å². The minimum atomic E-state index is -3.65. The van der Waals surface area contributed by atoms with E-state index in [-0.39, 0.29) is 10.6 Å². The Balaban J connectivity index is 2.10. The van der Waals surface area contributed by atoms with Crippen LogP contribution in [0, 0.1) is 11.3 Å². The SMILES string of the molecule is CN(CCN1CCCC1)S(=O)(=O)c1cccnc1C#N. The summed E-state index contributed by atoms with van der Waals surface area (Å²) >= 11 is 0. The van der Waals surface area contributed by atoms with Gasteiger partial charge in [0.15, 0.2) is 5.69 Å². The van der Waals surface area contributed by atoms with Gasteiger partial charge in [0.05, 0.1) is 0 Å². The lowest BCUT2D eigenvalue weighted by atomic mass is 10.4. The minimum Gasteiger partial charge on any atom is -0.302 e. The van der Waals surface area contributed by atoms with Crippen molar-refractivity contribution < 1.29 is 8.42 Å². The Bertz CT molecular complexity index is 603. The third-order valence-electron chi connectivity index (χ3n) is 3.49. The first-order valence-electron chi connectivity index (χ1n) is 6.59. The van der Waals surface area contributed by atoms with Gasteiger partial charge < -0.3 is 4.90 Å². The second-order valence-electron chi connectivity index (χ2n) is 4.84. The predicted molar refractivity (Wildman–Crippen MR) is 74.4 cm³/mol. The number of hydrogen-bond donors (Lipinski definition) is 0. The number of hydrogen-bond acceptors (Lipinski definition) is 5. The van der Waals surface area contributed by atoms with Crippen LogP contribution in [0.2, 0.25) is 0 Å².